The van der Waals surface area contributed by atoms with Gasteiger partial charge < -0.3 is 10.2 Å². The van der Waals surface area contributed by atoms with Crippen molar-refractivity contribution < 1.29 is 9.59 Å². The normalized spacial score (nSPS) is 13.6. The molecule has 0 unspecified atom stereocenters. The summed E-state index contributed by atoms with van der Waals surface area (Å²) >= 11 is 3.12. The van der Waals surface area contributed by atoms with Gasteiger partial charge in [0.15, 0.2) is 0 Å². The van der Waals surface area contributed by atoms with Crippen LogP contribution >= 0.6 is 23.5 Å². The summed E-state index contributed by atoms with van der Waals surface area (Å²) in [6.07, 6.45) is 0. The van der Waals surface area contributed by atoms with E-state index in [4.69, 9.17) is 0 Å². The lowest BCUT2D eigenvalue weighted by molar-refractivity contribution is -0.131. The summed E-state index contributed by atoms with van der Waals surface area (Å²) in [6.45, 7) is 2.87. The predicted molar refractivity (Wildman–Crippen MR) is 94.7 cm³/mol. The second-order valence-corrected chi connectivity index (χ2v) is 7.25. The van der Waals surface area contributed by atoms with Gasteiger partial charge in [-0.2, -0.15) is 0 Å². The summed E-state index contributed by atoms with van der Waals surface area (Å²) in [5.41, 5.74) is 1.87. The molecule has 0 saturated carbocycles. The van der Waals surface area contributed by atoms with Crippen LogP contribution < -0.4 is 5.32 Å². The van der Waals surface area contributed by atoms with Gasteiger partial charge in [0, 0.05) is 18.5 Å². The molecule has 1 aromatic rings. The number of hydrogen-bond donors (Lipinski definition) is 1. The van der Waals surface area contributed by atoms with Crippen LogP contribution in [0.1, 0.15) is 5.56 Å². The van der Waals surface area contributed by atoms with Crippen LogP contribution in [0.15, 0.2) is 29.3 Å². The van der Waals surface area contributed by atoms with Crippen molar-refractivity contribution in [2.24, 2.45) is 4.99 Å². The summed E-state index contributed by atoms with van der Waals surface area (Å²) in [5.74, 6) is 1.04. The SMILES string of the molecule is Cc1ccc(NC(=O)CN(C)C(=O)CSC2=NCCS2)cc1. The number of aliphatic imine (C=N–C) groups is 1. The summed E-state index contributed by atoms with van der Waals surface area (Å²) in [4.78, 5) is 29.7. The summed E-state index contributed by atoms with van der Waals surface area (Å²) in [7, 11) is 1.64. The first-order chi connectivity index (χ1) is 10.5. The minimum absolute atomic E-state index is 0.0485. The lowest BCUT2D eigenvalue weighted by Crippen LogP contribution is -2.36. The largest absolute Gasteiger partial charge is 0.336 e. The maximum Gasteiger partial charge on any atom is 0.243 e. The summed E-state index contributed by atoms with van der Waals surface area (Å²) in [6, 6.07) is 7.56. The Morgan fingerprint density at radius 3 is 2.73 bits per heavy atom. The molecule has 0 saturated heterocycles. The van der Waals surface area contributed by atoms with Crippen LogP contribution in [0.4, 0.5) is 5.69 Å². The van der Waals surface area contributed by atoms with Crippen molar-refractivity contribution in [2.75, 3.05) is 37.0 Å². The van der Waals surface area contributed by atoms with Crippen LogP contribution in [0.2, 0.25) is 0 Å². The van der Waals surface area contributed by atoms with Crippen molar-refractivity contribution in [3.63, 3.8) is 0 Å². The molecule has 0 atom stereocenters. The second kappa shape index (κ2) is 8.24. The third kappa shape index (κ3) is 5.38. The van der Waals surface area contributed by atoms with Gasteiger partial charge in [-0.3, -0.25) is 14.6 Å². The van der Waals surface area contributed by atoms with Crippen LogP contribution in [0.25, 0.3) is 0 Å². The van der Waals surface area contributed by atoms with Crippen LogP contribution in [0.5, 0.6) is 0 Å². The highest BCUT2D eigenvalue weighted by molar-refractivity contribution is 8.39. The second-order valence-electron chi connectivity index (χ2n) is 4.95. The quantitative estimate of drug-likeness (QED) is 0.895. The van der Waals surface area contributed by atoms with Gasteiger partial charge in [-0.1, -0.05) is 41.2 Å². The molecule has 1 aliphatic rings. The number of anilines is 1. The van der Waals surface area contributed by atoms with Gasteiger partial charge in [-0.25, -0.2) is 0 Å². The average Bonchev–Trinajstić information content (AvgIpc) is 3.00. The van der Waals surface area contributed by atoms with E-state index in [2.05, 4.69) is 10.3 Å². The molecule has 0 bridgehead atoms. The number of nitrogens with one attached hydrogen (secondary N) is 1. The molecule has 118 valence electrons. The van der Waals surface area contributed by atoms with E-state index in [0.29, 0.717) is 5.75 Å². The van der Waals surface area contributed by atoms with Crippen LogP contribution in [-0.2, 0) is 9.59 Å². The van der Waals surface area contributed by atoms with Gasteiger partial charge in [0.25, 0.3) is 0 Å². The van der Waals surface area contributed by atoms with E-state index in [1.807, 2.05) is 31.2 Å². The van der Waals surface area contributed by atoms with Crippen LogP contribution in [-0.4, -0.2) is 52.7 Å². The first kappa shape index (κ1) is 16.9. The molecule has 1 N–H and O–H groups in total. The number of thioether (sulfide) groups is 2. The highest BCUT2D eigenvalue weighted by Crippen LogP contribution is 2.22. The fraction of sp³-hybridized carbons (Fsp3) is 0.400. The van der Waals surface area contributed by atoms with Gasteiger partial charge >= 0.3 is 0 Å². The number of benzene rings is 1. The van der Waals surface area contributed by atoms with E-state index >= 15 is 0 Å². The van der Waals surface area contributed by atoms with E-state index in [9.17, 15) is 9.59 Å². The molecule has 0 fully saturated rings. The van der Waals surface area contributed by atoms with Crippen LogP contribution in [0, 0.1) is 6.92 Å². The molecule has 5 nitrogen and oxygen atoms in total. The molecule has 22 heavy (non-hydrogen) atoms. The average molecular weight is 337 g/mol. The molecule has 1 aliphatic heterocycles. The molecule has 7 heteroatoms. The minimum atomic E-state index is -0.197. The topological polar surface area (TPSA) is 61.8 Å². The van der Waals surface area contributed by atoms with Crippen molar-refractivity contribution in [1.29, 1.82) is 0 Å². The first-order valence-electron chi connectivity index (χ1n) is 6.95. The third-order valence-electron chi connectivity index (χ3n) is 3.02. The summed E-state index contributed by atoms with van der Waals surface area (Å²) < 4.78 is 0.964. The molecule has 2 amide bonds. The Labute approximate surface area is 138 Å². The van der Waals surface area contributed by atoms with Crippen molar-refractivity contribution in [3.8, 4) is 0 Å². The highest BCUT2D eigenvalue weighted by atomic mass is 32.2. The fourth-order valence-electron chi connectivity index (χ4n) is 1.78. The van der Waals surface area contributed by atoms with Gasteiger partial charge in [-0.05, 0) is 19.1 Å². The molecule has 2 rings (SSSR count). The van der Waals surface area contributed by atoms with E-state index in [-0.39, 0.29) is 18.4 Å². The number of amides is 2. The Kier molecular flexibility index (Phi) is 6.33. The Morgan fingerprint density at radius 2 is 2.09 bits per heavy atom. The molecular weight excluding hydrogens is 318 g/mol. The summed E-state index contributed by atoms with van der Waals surface area (Å²) in [5, 5.41) is 2.78. The minimum Gasteiger partial charge on any atom is -0.336 e. The molecule has 0 aliphatic carbocycles. The molecule has 0 radical (unpaired) electrons. The number of aryl methyl sites for hydroxylation is 1. The number of likely N-dealkylation sites (N-methyl/N-ethyl adjacent to an activating group) is 1. The van der Waals surface area contributed by atoms with E-state index in [1.165, 1.54) is 16.7 Å². The standard InChI is InChI=1S/C15H19N3O2S2/c1-11-3-5-12(6-4-11)17-13(19)9-18(2)14(20)10-22-15-16-7-8-21-15/h3-6H,7-10H2,1-2H3,(H,17,19). The highest BCUT2D eigenvalue weighted by Gasteiger charge is 2.15. The molecule has 1 aromatic carbocycles. The van der Waals surface area contributed by atoms with Crippen molar-refractivity contribution >= 4 is 45.4 Å². The van der Waals surface area contributed by atoms with Crippen molar-refractivity contribution in [2.45, 2.75) is 6.92 Å². The number of hydrogen-bond acceptors (Lipinski definition) is 5. The number of carbonyl (C=O) groups is 2. The first-order valence-corrected chi connectivity index (χ1v) is 8.92. The maximum absolute atomic E-state index is 12.0. The Bertz CT molecular complexity index is 573. The Morgan fingerprint density at radius 1 is 1.36 bits per heavy atom. The monoisotopic (exact) mass is 337 g/mol. The van der Waals surface area contributed by atoms with Gasteiger partial charge in [-0.15, -0.1) is 0 Å². The Hall–Kier alpha value is -1.47. The molecule has 0 aromatic heterocycles. The zero-order valence-electron chi connectivity index (χ0n) is 12.7. The predicted octanol–water partition coefficient (Wildman–Crippen LogP) is 2.23. The number of carbonyl (C=O) groups excluding carboxylic acids is 2. The maximum atomic E-state index is 12.0. The lowest BCUT2D eigenvalue weighted by atomic mass is 10.2. The number of nitrogens with zero attached hydrogens (tertiary/aromatic N) is 2. The van der Waals surface area contributed by atoms with E-state index in [0.717, 1.165) is 27.9 Å². The smallest absolute Gasteiger partial charge is 0.243 e. The molecular formula is C15H19N3O2S2. The van der Waals surface area contributed by atoms with E-state index < -0.39 is 0 Å². The molecule has 0 spiro atoms. The zero-order valence-corrected chi connectivity index (χ0v) is 14.3. The van der Waals surface area contributed by atoms with Gasteiger partial charge in [0.1, 0.15) is 4.38 Å². The van der Waals surface area contributed by atoms with E-state index in [1.54, 1.807) is 18.8 Å². The van der Waals surface area contributed by atoms with Crippen LogP contribution in [0.3, 0.4) is 0 Å². The zero-order chi connectivity index (χ0) is 15.9. The number of rotatable bonds is 5. The van der Waals surface area contributed by atoms with Gasteiger partial charge in [0.05, 0.1) is 18.8 Å². The lowest BCUT2D eigenvalue weighted by Gasteiger charge is -2.16. The molecule has 1 heterocycles. The van der Waals surface area contributed by atoms with Crippen molar-refractivity contribution in [3.05, 3.63) is 29.8 Å². The Balaban J connectivity index is 1.74. The third-order valence-corrected chi connectivity index (χ3v) is 5.26. The fourth-order valence-corrected chi connectivity index (χ4v) is 3.73. The van der Waals surface area contributed by atoms with Crippen molar-refractivity contribution in [1.82, 2.24) is 4.90 Å². The van der Waals surface area contributed by atoms with Gasteiger partial charge in [0.2, 0.25) is 11.8 Å².